The number of ether oxygens (including phenoxy) is 2. The highest BCUT2D eigenvalue weighted by molar-refractivity contribution is 5.29. The Kier molecular flexibility index (Phi) is 6.07. The van der Waals surface area contributed by atoms with Gasteiger partial charge in [0.25, 0.3) is 0 Å². The number of morpholine rings is 1. The third kappa shape index (κ3) is 5.01. The SMILES string of the molecule is CCC(C)c1ccc(OCCN2CC(C)OC(C)C2)cc1. The summed E-state index contributed by atoms with van der Waals surface area (Å²) in [4.78, 5) is 2.42. The van der Waals surface area contributed by atoms with Gasteiger partial charge in [0.1, 0.15) is 12.4 Å². The molecule has 3 atom stereocenters. The van der Waals surface area contributed by atoms with Gasteiger partial charge in [0.05, 0.1) is 12.2 Å². The molecule has 0 aromatic heterocycles. The molecule has 1 fully saturated rings. The molecule has 0 aliphatic carbocycles. The Hall–Kier alpha value is -1.06. The van der Waals surface area contributed by atoms with Crippen LogP contribution in [0, 0.1) is 0 Å². The van der Waals surface area contributed by atoms with E-state index in [1.165, 1.54) is 12.0 Å². The maximum absolute atomic E-state index is 5.87. The molecule has 21 heavy (non-hydrogen) atoms. The van der Waals surface area contributed by atoms with Crippen LogP contribution in [0.4, 0.5) is 0 Å². The highest BCUT2D eigenvalue weighted by atomic mass is 16.5. The maximum Gasteiger partial charge on any atom is 0.119 e. The summed E-state index contributed by atoms with van der Waals surface area (Å²) >= 11 is 0. The van der Waals surface area contributed by atoms with Crippen molar-refractivity contribution < 1.29 is 9.47 Å². The Morgan fingerprint density at radius 1 is 1.19 bits per heavy atom. The minimum atomic E-state index is 0.323. The lowest BCUT2D eigenvalue weighted by Gasteiger charge is -2.35. The molecular weight excluding hydrogens is 262 g/mol. The largest absolute Gasteiger partial charge is 0.492 e. The molecule has 0 radical (unpaired) electrons. The van der Waals surface area contributed by atoms with Crippen LogP contribution >= 0.6 is 0 Å². The summed E-state index contributed by atoms with van der Waals surface area (Å²) in [5.41, 5.74) is 1.39. The predicted molar refractivity (Wildman–Crippen MR) is 87.1 cm³/mol. The van der Waals surface area contributed by atoms with E-state index in [1.54, 1.807) is 0 Å². The fourth-order valence-electron chi connectivity index (χ4n) is 2.89. The van der Waals surface area contributed by atoms with Crippen molar-refractivity contribution in [2.45, 2.75) is 52.2 Å². The van der Waals surface area contributed by atoms with Crippen LogP contribution in [0.2, 0.25) is 0 Å². The Morgan fingerprint density at radius 2 is 1.81 bits per heavy atom. The van der Waals surface area contributed by atoms with E-state index in [1.807, 2.05) is 0 Å². The topological polar surface area (TPSA) is 21.7 Å². The molecule has 3 unspecified atom stereocenters. The predicted octanol–water partition coefficient (Wildman–Crippen LogP) is 3.69. The first-order chi connectivity index (χ1) is 10.1. The fourth-order valence-corrected chi connectivity index (χ4v) is 2.89. The summed E-state index contributed by atoms with van der Waals surface area (Å²) in [6.07, 6.45) is 1.82. The molecule has 1 aromatic rings. The summed E-state index contributed by atoms with van der Waals surface area (Å²) < 4.78 is 11.6. The van der Waals surface area contributed by atoms with E-state index in [4.69, 9.17) is 9.47 Å². The first-order valence-electron chi connectivity index (χ1n) is 8.19. The lowest BCUT2D eigenvalue weighted by atomic mass is 9.99. The second-order valence-electron chi connectivity index (χ2n) is 6.24. The number of hydrogen-bond donors (Lipinski definition) is 0. The highest BCUT2D eigenvalue weighted by Crippen LogP contribution is 2.21. The van der Waals surface area contributed by atoms with Gasteiger partial charge < -0.3 is 9.47 Å². The van der Waals surface area contributed by atoms with E-state index in [9.17, 15) is 0 Å². The molecule has 1 aliphatic rings. The van der Waals surface area contributed by atoms with Crippen molar-refractivity contribution in [2.75, 3.05) is 26.2 Å². The average Bonchev–Trinajstić information content (AvgIpc) is 2.46. The molecule has 0 amide bonds. The van der Waals surface area contributed by atoms with Crippen molar-refractivity contribution >= 4 is 0 Å². The summed E-state index contributed by atoms with van der Waals surface area (Å²) in [7, 11) is 0. The van der Waals surface area contributed by atoms with Crippen molar-refractivity contribution in [3.63, 3.8) is 0 Å². The summed E-state index contributed by atoms with van der Waals surface area (Å²) in [5, 5.41) is 0. The van der Waals surface area contributed by atoms with Gasteiger partial charge in [-0.05, 0) is 43.9 Å². The molecule has 1 heterocycles. The lowest BCUT2D eigenvalue weighted by molar-refractivity contribution is -0.0699. The normalized spacial score (nSPS) is 24.8. The molecule has 1 aromatic carbocycles. The van der Waals surface area contributed by atoms with Crippen LogP contribution in [0.1, 0.15) is 45.6 Å². The van der Waals surface area contributed by atoms with Gasteiger partial charge in [-0.3, -0.25) is 4.90 Å². The zero-order valence-corrected chi connectivity index (χ0v) is 13.8. The quantitative estimate of drug-likeness (QED) is 0.798. The average molecular weight is 291 g/mol. The van der Waals surface area contributed by atoms with E-state index in [0.29, 0.717) is 18.1 Å². The van der Waals surface area contributed by atoms with Crippen LogP contribution in [-0.2, 0) is 4.74 Å². The van der Waals surface area contributed by atoms with Gasteiger partial charge in [-0.25, -0.2) is 0 Å². The molecule has 0 bridgehead atoms. The minimum Gasteiger partial charge on any atom is -0.492 e. The molecule has 0 saturated carbocycles. The molecule has 1 aliphatic heterocycles. The molecule has 0 N–H and O–H groups in total. The van der Waals surface area contributed by atoms with E-state index in [2.05, 4.69) is 56.9 Å². The van der Waals surface area contributed by atoms with Gasteiger partial charge in [-0.15, -0.1) is 0 Å². The first kappa shape index (κ1) is 16.3. The lowest BCUT2D eigenvalue weighted by Crippen LogP contribution is -2.46. The fraction of sp³-hybridized carbons (Fsp3) is 0.667. The summed E-state index contributed by atoms with van der Waals surface area (Å²) in [5.74, 6) is 1.59. The summed E-state index contributed by atoms with van der Waals surface area (Å²) in [6, 6.07) is 8.54. The monoisotopic (exact) mass is 291 g/mol. The van der Waals surface area contributed by atoms with Crippen molar-refractivity contribution in [1.29, 1.82) is 0 Å². The Labute approximate surface area is 129 Å². The molecule has 2 rings (SSSR count). The van der Waals surface area contributed by atoms with Crippen LogP contribution in [0.3, 0.4) is 0 Å². The number of benzene rings is 1. The standard InChI is InChI=1S/C18H29NO2/c1-5-14(2)17-6-8-18(9-7-17)20-11-10-19-12-15(3)21-16(4)13-19/h6-9,14-16H,5,10-13H2,1-4H3. The molecule has 0 spiro atoms. The Morgan fingerprint density at radius 3 is 2.38 bits per heavy atom. The molecule has 118 valence electrons. The van der Waals surface area contributed by atoms with Crippen LogP contribution in [0.15, 0.2) is 24.3 Å². The van der Waals surface area contributed by atoms with Crippen molar-refractivity contribution in [3.05, 3.63) is 29.8 Å². The van der Waals surface area contributed by atoms with Crippen molar-refractivity contribution in [1.82, 2.24) is 4.90 Å². The Bertz CT molecular complexity index is 408. The molecular formula is C18H29NO2. The summed E-state index contributed by atoms with van der Waals surface area (Å²) in [6.45, 7) is 12.5. The van der Waals surface area contributed by atoms with E-state index >= 15 is 0 Å². The van der Waals surface area contributed by atoms with Gasteiger partial charge in [0.2, 0.25) is 0 Å². The van der Waals surface area contributed by atoms with Gasteiger partial charge in [-0.1, -0.05) is 26.0 Å². The van der Waals surface area contributed by atoms with Crippen LogP contribution in [-0.4, -0.2) is 43.3 Å². The molecule has 3 heteroatoms. The van der Waals surface area contributed by atoms with Crippen LogP contribution in [0.25, 0.3) is 0 Å². The van der Waals surface area contributed by atoms with E-state index in [0.717, 1.165) is 32.0 Å². The van der Waals surface area contributed by atoms with Gasteiger partial charge in [0, 0.05) is 19.6 Å². The third-order valence-electron chi connectivity index (χ3n) is 4.23. The molecule has 1 saturated heterocycles. The van der Waals surface area contributed by atoms with E-state index in [-0.39, 0.29) is 0 Å². The smallest absolute Gasteiger partial charge is 0.119 e. The Balaban J connectivity index is 1.75. The van der Waals surface area contributed by atoms with Gasteiger partial charge >= 0.3 is 0 Å². The highest BCUT2D eigenvalue weighted by Gasteiger charge is 2.21. The maximum atomic E-state index is 5.87. The number of nitrogens with zero attached hydrogens (tertiary/aromatic N) is 1. The van der Waals surface area contributed by atoms with Crippen molar-refractivity contribution in [2.24, 2.45) is 0 Å². The number of hydrogen-bond acceptors (Lipinski definition) is 3. The molecule has 3 nitrogen and oxygen atoms in total. The number of rotatable bonds is 6. The van der Waals surface area contributed by atoms with E-state index < -0.39 is 0 Å². The first-order valence-corrected chi connectivity index (χ1v) is 8.19. The van der Waals surface area contributed by atoms with Gasteiger partial charge in [-0.2, -0.15) is 0 Å². The zero-order valence-electron chi connectivity index (χ0n) is 13.8. The zero-order chi connectivity index (χ0) is 15.2. The second kappa shape index (κ2) is 7.81. The van der Waals surface area contributed by atoms with Crippen molar-refractivity contribution in [3.8, 4) is 5.75 Å². The third-order valence-corrected chi connectivity index (χ3v) is 4.23. The van der Waals surface area contributed by atoms with Crippen LogP contribution < -0.4 is 4.74 Å². The second-order valence-corrected chi connectivity index (χ2v) is 6.24. The minimum absolute atomic E-state index is 0.323. The van der Waals surface area contributed by atoms with Gasteiger partial charge in [0.15, 0.2) is 0 Å². The van der Waals surface area contributed by atoms with Crippen LogP contribution in [0.5, 0.6) is 5.75 Å².